The van der Waals surface area contributed by atoms with E-state index in [4.69, 9.17) is 23.2 Å². The van der Waals surface area contributed by atoms with Crippen molar-refractivity contribution in [1.29, 1.82) is 0 Å². The Morgan fingerprint density at radius 2 is 1.93 bits per heavy atom. The first-order valence-electron chi connectivity index (χ1n) is 9.62. The van der Waals surface area contributed by atoms with Gasteiger partial charge in [0.2, 0.25) is 0 Å². The summed E-state index contributed by atoms with van der Waals surface area (Å²) in [4.78, 5) is 18.4. The minimum atomic E-state index is -0.0291. The molecule has 2 N–H and O–H groups in total. The molecule has 0 saturated carbocycles. The molecule has 29 heavy (non-hydrogen) atoms. The average molecular weight is 435 g/mol. The molecule has 0 spiro atoms. The molecule has 7 heteroatoms. The van der Waals surface area contributed by atoms with Gasteiger partial charge in [-0.25, -0.2) is 0 Å². The van der Waals surface area contributed by atoms with Crippen molar-refractivity contribution in [2.75, 3.05) is 27.2 Å². The van der Waals surface area contributed by atoms with E-state index in [0.717, 1.165) is 24.1 Å². The average Bonchev–Trinajstić information content (AvgIpc) is 2.67. The molecule has 2 aromatic carbocycles. The molecular weight excluding hydrogens is 407 g/mol. The molecule has 0 bridgehead atoms. The van der Waals surface area contributed by atoms with Crippen LogP contribution in [0.15, 0.2) is 47.5 Å². The van der Waals surface area contributed by atoms with Gasteiger partial charge in [-0.05, 0) is 55.7 Å². The number of halogens is 2. The zero-order valence-electron chi connectivity index (χ0n) is 17.3. The SMILES string of the molecule is CCNC(=NCCc1cccc(C(=O)N(C)C)c1)NC(C)c1ccc(Cl)cc1Cl. The highest BCUT2D eigenvalue weighted by atomic mass is 35.5. The lowest BCUT2D eigenvalue weighted by Gasteiger charge is -2.19. The summed E-state index contributed by atoms with van der Waals surface area (Å²) in [7, 11) is 3.50. The van der Waals surface area contributed by atoms with Crippen LogP contribution in [0.1, 0.15) is 41.4 Å². The van der Waals surface area contributed by atoms with Gasteiger partial charge in [0.25, 0.3) is 5.91 Å². The normalized spacial score (nSPS) is 12.4. The number of aliphatic imine (C=N–C) groups is 1. The van der Waals surface area contributed by atoms with Crippen LogP contribution < -0.4 is 10.6 Å². The van der Waals surface area contributed by atoms with Crippen molar-refractivity contribution in [2.24, 2.45) is 4.99 Å². The first-order chi connectivity index (χ1) is 13.8. The highest BCUT2D eigenvalue weighted by Gasteiger charge is 2.12. The van der Waals surface area contributed by atoms with E-state index >= 15 is 0 Å². The van der Waals surface area contributed by atoms with Crippen molar-refractivity contribution in [2.45, 2.75) is 26.3 Å². The molecule has 5 nitrogen and oxygen atoms in total. The van der Waals surface area contributed by atoms with E-state index in [-0.39, 0.29) is 11.9 Å². The zero-order chi connectivity index (χ0) is 21.4. The summed E-state index contributed by atoms with van der Waals surface area (Å²) in [6, 6.07) is 13.1. The maximum atomic E-state index is 12.1. The standard InChI is InChI=1S/C22H28Cl2N4O/c1-5-25-22(27-15(2)19-10-9-18(23)14-20(19)24)26-12-11-16-7-6-8-17(13-16)21(29)28(3)4/h6-10,13-15H,5,11-12H2,1-4H3,(H2,25,26,27). The van der Waals surface area contributed by atoms with Crippen LogP contribution in [-0.4, -0.2) is 44.0 Å². The van der Waals surface area contributed by atoms with Gasteiger partial charge in [0.05, 0.1) is 6.04 Å². The second-order valence-electron chi connectivity index (χ2n) is 6.94. The maximum absolute atomic E-state index is 12.1. The number of amides is 1. The number of benzene rings is 2. The molecule has 0 fully saturated rings. The quantitative estimate of drug-likeness (QED) is 0.496. The fourth-order valence-electron chi connectivity index (χ4n) is 2.87. The van der Waals surface area contributed by atoms with Crippen LogP contribution in [0.2, 0.25) is 10.0 Å². The third-order valence-electron chi connectivity index (χ3n) is 4.38. The van der Waals surface area contributed by atoms with Crippen LogP contribution in [0.3, 0.4) is 0 Å². The number of hydrogen-bond acceptors (Lipinski definition) is 2. The Morgan fingerprint density at radius 1 is 1.17 bits per heavy atom. The lowest BCUT2D eigenvalue weighted by Crippen LogP contribution is -2.39. The van der Waals surface area contributed by atoms with Crippen LogP contribution in [0, 0.1) is 0 Å². The van der Waals surface area contributed by atoms with Crippen molar-refractivity contribution in [3.8, 4) is 0 Å². The fraction of sp³-hybridized carbons (Fsp3) is 0.364. The zero-order valence-corrected chi connectivity index (χ0v) is 18.8. The monoisotopic (exact) mass is 434 g/mol. The van der Waals surface area contributed by atoms with Crippen molar-refractivity contribution < 1.29 is 4.79 Å². The van der Waals surface area contributed by atoms with E-state index in [1.54, 1.807) is 25.1 Å². The molecule has 1 amide bonds. The van der Waals surface area contributed by atoms with Gasteiger partial charge in [0, 0.05) is 42.8 Å². The highest BCUT2D eigenvalue weighted by molar-refractivity contribution is 6.35. The van der Waals surface area contributed by atoms with Gasteiger partial charge in [-0.3, -0.25) is 9.79 Å². The van der Waals surface area contributed by atoms with Crippen LogP contribution in [0.5, 0.6) is 0 Å². The summed E-state index contributed by atoms with van der Waals surface area (Å²) in [5.41, 5.74) is 2.72. The number of rotatable bonds is 7. The predicted octanol–water partition coefficient (Wildman–Crippen LogP) is 4.55. The van der Waals surface area contributed by atoms with Gasteiger partial charge in [-0.15, -0.1) is 0 Å². The molecule has 0 saturated heterocycles. The minimum Gasteiger partial charge on any atom is -0.357 e. The number of nitrogens with zero attached hydrogens (tertiary/aromatic N) is 2. The number of carbonyl (C=O) groups excluding carboxylic acids is 1. The molecule has 2 aromatic rings. The summed E-state index contributed by atoms with van der Waals surface area (Å²) in [6.45, 7) is 5.39. The molecule has 0 aliphatic heterocycles. The van der Waals surface area contributed by atoms with E-state index < -0.39 is 0 Å². The molecule has 0 aromatic heterocycles. The van der Waals surface area contributed by atoms with Crippen LogP contribution in [0.25, 0.3) is 0 Å². The third kappa shape index (κ3) is 6.94. The molecule has 0 aliphatic rings. The third-order valence-corrected chi connectivity index (χ3v) is 4.94. The Hall–Kier alpha value is -2.24. The van der Waals surface area contributed by atoms with E-state index in [0.29, 0.717) is 28.1 Å². The Morgan fingerprint density at radius 3 is 2.59 bits per heavy atom. The Balaban J connectivity index is 2.04. The van der Waals surface area contributed by atoms with Gasteiger partial charge >= 0.3 is 0 Å². The lowest BCUT2D eigenvalue weighted by atomic mass is 10.1. The molecule has 0 radical (unpaired) electrons. The van der Waals surface area contributed by atoms with Gasteiger partial charge in [0.1, 0.15) is 0 Å². The van der Waals surface area contributed by atoms with Gasteiger partial charge < -0.3 is 15.5 Å². The largest absolute Gasteiger partial charge is 0.357 e. The van der Waals surface area contributed by atoms with Crippen molar-refractivity contribution >= 4 is 35.1 Å². The Labute approximate surface area is 183 Å². The van der Waals surface area contributed by atoms with E-state index in [1.807, 2.05) is 50.2 Å². The Kier molecular flexibility index (Phi) is 8.80. The molecule has 0 aliphatic carbocycles. The number of carbonyl (C=O) groups is 1. The fourth-order valence-corrected chi connectivity index (χ4v) is 3.44. The second-order valence-corrected chi connectivity index (χ2v) is 7.79. The van der Waals surface area contributed by atoms with Crippen LogP contribution in [-0.2, 0) is 6.42 Å². The summed E-state index contributed by atoms with van der Waals surface area (Å²) >= 11 is 12.3. The van der Waals surface area contributed by atoms with Crippen molar-refractivity contribution in [1.82, 2.24) is 15.5 Å². The van der Waals surface area contributed by atoms with E-state index in [2.05, 4.69) is 15.6 Å². The van der Waals surface area contributed by atoms with E-state index in [1.165, 1.54) is 0 Å². The second kappa shape index (κ2) is 11.1. The van der Waals surface area contributed by atoms with Crippen LogP contribution >= 0.6 is 23.2 Å². The van der Waals surface area contributed by atoms with Crippen molar-refractivity contribution in [3.63, 3.8) is 0 Å². The summed E-state index contributed by atoms with van der Waals surface area (Å²) in [5, 5.41) is 7.86. The maximum Gasteiger partial charge on any atom is 0.253 e. The molecule has 2 rings (SSSR count). The van der Waals surface area contributed by atoms with Crippen LogP contribution in [0.4, 0.5) is 0 Å². The topological polar surface area (TPSA) is 56.7 Å². The van der Waals surface area contributed by atoms with Gasteiger partial charge in [0.15, 0.2) is 5.96 Å². The first-order valence-corrected chi connectivity index (χ1v) is 10.4. The lowest BCUT2D eigenvalue weighted by molar-refractivity contribution is 0.0827. The number of nitrogens with one attached hydrogen (secondary N) is 2. The van der Waals surface area contributed by atoms with E-state index in [9.17, 15) is 4.79 Å². The van der Waals surface area contributed by atoms with Crippen molar-refractivity contribution in [3.05, 3.63) is 69.2 Å². The van der Waals surface area contributed by atoms with Gasteiger partial charge in [-0.2, -0.15) is 0 Å². The first kappa shape index (κ1) is 23.0. The number of guanidine groups is 1. The summed E-state index contributed by atoms with van der Waals surface area (Å²) < 4.78 is 0. The molecule has 156 valence electrons. The minimum absolute atomic E-state index is 0.000903. The summed E-state index contributed by atoms with van der Waals surface area (Å²) in [6.07, 6.45) is 0.737. The molecule has 1 atom stereocenters. The molecular formula is C22H28Cl2N4O. The smallest absolute Gasteiger partial charge is 0.253 e. The molecule has 0 heterocycles. The summed E-state index contributed by atoms with van der Waals surface area (Å²) in [5.74, 6) is 0.713. The Bertz CT molecular complexity index is 868. The number of hydrogen-bond donors (Lipinski definition) is 2. The highest BCUT2D eigenvalue weighted by Crippen LogP contribution is 2.26. The van der Waals surface area contributed by atoms with Gasteiger partial charge in [-0.1, -0.05) is 41.4 Å². The predicted molar refractivity (Wildman–Crippen MR) is 122 cm³/mol. The molecule has 1 unspecified atom stereocenters.